The SMILES string of the molecule is CC(C)(C)OC(=O)N1CC[C@@]2(S(=O)(=O)c3ccc(Cl)cc3)c3c(F)ccc(F)c3OC[C@H]2C1. The van der Waals surface area contributed by atoms with E-state index in [2.05, 4.69) is 0 Å². The second-order valence-electron chi connectivity index (χ2n) is 9.26. The Bertz CT molecular complexity index is 1200. The van der Waals surface area contributed by atoms with Gasteiger partial charge < -0.3 is 14.4 Å². The van der Waals surface area contributed by atoms with Gasteiger partial charge in [0.05, 0.1) is 17.1 Å². The van der Waals surface area contributed by atoms with Crippen molar-refractivity contribution in [2.24, 2.45) is 5.92 Å². The summed E-state index contributed by atoms with van der Waals surface area (Å²) in [6.45, 7) is 4.89. The van der Waals surface area contributed by atoms with Gasteiger partial charge in [-0.2, -0.15) is 0 Å². The molecule has 0 radical (unpaired) electrons. The molecular formula is C23H24ClF2NO5S. The second-order valence-corrected chi connectivity index (χ2v) is 11.9. The largest absolute Gasteiger partial charge is 0.490 e. The zero-order chi connectivity index (χ0) is 24.2. The minimum atomic E-state index is -4.26. The normalized spacial score (nSPS) is 22.7. The summed E-state index contributed by atoms with van der Waals surface area (Å²) in [4.78, 5) is 14.0. The molecule has 178 valence electrons. The van der Waals surface area contributed by atoms with Gasteiger partial charge in [0.1, 0.15) is 16.2 Å². The number of hydrogen-bond acceptors (Lipinski definition) is 5. The predicted molar refractivity (Wildman–Crippen MR) is 118 cm³/mol. The molecule has 2 aliphatic heterocycles. The molecule has 1 fully saturated rings. The van der Waals surface area contributed by atoms with Crippen molar-refractivity contribution in [2.75, 3.05) is 19.7 Å². The molecule has 1 amide bonds. The fourth-order valence-corrected chi connectivity index (χ4v) is 7.02. The Kier molecular flexibility index (Phi) is 5.85. The molecule has 0 aromatic heterocycles. The molecule has 2 aromatic rings. The molecule has 0 aliphatic carbocycles. The van der Waals surface area contributed by atoms with Crippen LogP contribution in [0.5, 0.6) is 5.75 Å². The first-order chi connectivity index (χ1) is 15.4. The zero-order valence-electron chi connectivity index (χ0n) is 18.4. The van der Waals surface area contributed by atoms with E-state index in [1.807, 2.05) is 0 Å². The van der Waals surface area contributed by atoms with Crippen LogP contribution in [-0.2, 0) is 19.3 Å². The third-order valence-corrected chi connectivity index (χ3v) is 8.86. The average molecular weight is 500 g/mol. The molecule has 1 saturated heterocycles. The van der Waals surface area contributed by atoms with Gasteiger partial charge in [-0.3, -0.25) is 0 Å². The maximum absolute atomic E-state index is 15.2. The Morgan fingerprint density at radius 1 is 1.15 bits per heavy atom. The molecule has 33 heavy (non-hydrogen) atoms. The number of nitrogens with zero attached hydrogens (tertiary/aromatic N) is 1. The number of amides is 1. The topological polar surface area (TPSA) is 72.9 Å². The monoisotopic (exact) mass is 499 g/mol. The molecule has 10 heteroatoms. The van der Waals surface area contributed by atoms with Crippen molar-refractivity contribution in [3.8, 4) is 5.75 Å². The van der Waals surface area contributed by atoms with Gasteiger partial charge in [0.15, 0.2) is 21.4 Å². The highest BCUT2D eigenvalue weighted by atomic mass is 35.5. The minimum Gasteiger partial charge on any atom is -0.490 e. The molecule has 0 saturated carbocycles. The molecule has 0 bridgehead atoms. The second kappa shape index (κ2) is 8.13. The number of fused-ring (bicyclic) bond motifs is 3. The van der Waals surface area contributed by atoms with E-state index in [1.54, 1.807) is 20.8 Å². The summed E-state index contributed by atoms with van der Waals surface area (Å²) in [5, 5.41) is 0.340. The van der Waals surface area contributed by atoms with E-state index in [-0.39, 0.29) is 36.6 Å². The number of carbonyl (C=O) groups is 1. The number of ether oxygens (including phenoxy) is 2. The Morgan fingerprint density at radius 2 is 1.79 bits per heavy atom. The number of hydrogen-bond donors (Lipinski definition) is 0. The quantitative estimate of drug-likeness (QED) is 0.585. The van der Waals surface area contributed by atoms with Gasteiger partial charge in [-0.15, -0.1) is 0 Å². The van der Waals surface area contributed by atoms with Gasteiger partial charge >= 0.3 is 6.09 Å². The molecule has 0 N–H and O–H groups in total. The van der Waals surface area contributed by atoms with Crippen LogP contribution in [0.4, 0.5) is 13.6 Å². The number of likely N-dealkylation sites (tertiary alicyclic amines) is 1. The Balaban J connectivity index is 1.86. The third-order valence-electron chi connectivity index (χ3n) is 6.02. The Labute approximate surface area is 196 Å². The summed E-state index contributed by atoms with van der Waals surface area (Å²) in [7, 11) is -4.26. The lowest BCUT2D eigenvalue weighted by atomic mass is 9.77. The maximum atomic E-state index is 15.2. The highest BCUT2D eigenvalue weighted by molar-refractivity contribution is 7.92. The minimum absolute atomic E-state index is 0.0202. The van der Waals surface area contributed by atoms with Crippen LogP contribution in [0.25, 0.3) is 0 Å². The summed E-state index contributed by atoms with van der Waals surface area (Å²) in [5.74, 6) is -2.98. The van der Waals surface area contributed by atoms with Crippen LogP contribution in [0, 0.1) is 17.6 Å². The van der Waals surface area contributed by atoms with Crippen LogP contribution in [0.1, 0.15) is 32.8 Å². The summed E-state index contributed by atoms with van der Waals surface area (Å²) in [6.07, 6.45) is -0.760. The lowest BCUT2D eigenvalue weighted by Gasteiger charge is -2.49. The first-order valence-corrected chi connectivity index (χ1v) is 12.3. The van der Waals surface area contributed by atoms with Crippen LogP contribution in [0.15, 0.2) is 41.3 Å². The predicted octanol–water partition coefficient (Wildman–Crippen LogP) is 4.94. The molecule has 0 spiro atoms. The van der Waals surface area contributed by atoms with Gasteiger partial charge in [-0.25, -0.2) is 22.0 Å². The number of rotatable bonds is 2. The summed E-state index contributed by atoms with van der Waals surface area (Å²) >= 11 is 5.93. The van der Waals surface area contributed by atoms with Crippen molar-refractivity contribution in [1.29, 1.82) is 0 Å². The number of halogens is 3. The molecule has 4 rings (SSSR count). The van der Waals surface area contributed by atoms with Gasteiger partial charge in [0, 0.05) is 24.0 Å². The standard InChI is InChI=1S/C23H24ClF2NO5S/c1-22(2,3)32-21(28)27-11-10-23(33(29,30)16-6-4-15(24)5-7-16)14(12-27)13-31-20-18(26)9-8-17(25)19(20)23/h4-9,14H,10-13H2,1-3H3/t14-,23+/m1/s1. The molecule has 6 nitrogen and oxygen atoms in total. The number of piperidine rings is 1. The molecular weight excluding hydrogens is 476 g/mol. The van der Waals surface area contributed by atoms with E-state index in [0.717, 1.165) is 12.1 Å². The van der Waals surface area contributed by atoms with Crippen LogP contribution in [-0.4, -0.2) is 44.7 Å². The van der Waals surface area contributed by atoms with E-state index in [0.29, 0.717) is 5.02 Å². The summed E-state index contributed by atoms with van der Waals surface area (Å²) in [5.41, 5.74) is -1.08. The highest BCUT2D eigenvalue weighted by Gasteiger charge is 2.60. The first-order valence-electron chi connectivity index (χ1n) is 10.5. The van der Waals surface area contributed by atoms with E-state index < -0.39 is 49.6 Å². The lowest BCUT2D eigenvalue weighted by Crippen LogP contribution is -2.59. The van der Waals surface area contributed by atoms with E-state index >= 15 is 4.39 Å². The molecule has 2 aromatic carbocycles. The van der Waals surface area contributed by atoms with Crippen LogP contribution < -0.4 is 4.74 Å². The number of carbonyl (C=O) groups excluding carboxylic acids is 1. The highest BCUT2D eigenvalue weighted by Crippen LogP contribution is 2.54. The van der Waals surface area contributed by atoms with Crippen LogP contribution in [0.2, 0.25) is 5.02 Å². The molecule has 2 atom stereocenters. The van der Waals surface area contributed by atoms with E-state index in [1.165, 1.54) is 29.2 Å². The molecule has 2 aliphatic rings. The number of sulfone groups is 1. The van der Waals surface area contributed by atoms with Gasteiger partial charge in [0.25, 0.3) is 0 Å². The van der Waals surface area contributed by atoms with Crippen molar-refractivity contribution in [3.63, 3.8) is 0 Å². The first kappa shape index (κ1) is 23.8. The zero-order valence-corrected chi connectivity index (χ0v) is 20.0. The Hall–Kier alpha value is -2.39. The summed E-state index contributed by atoms with van der Waals surface area (Å²) in [6, 6.07) is 7.36. The lowest BCUT2D eigenvalue weighted by molar-refractivity contribution is 0.00393. The van der Waals surface area contributed by atoms with Crippen molar-refractivity contribution in [1.82, 2.24) is 4.90 Å². The van der Waals surface area contributed by atoms with Gasteiger partial charge in [0.2, 0.25) is 0 Å². The van der Waals surface area contributed by atoms with E-state index in [4.69, 9.17) is 21.1 Å². The maximum Gasteiger partial charge on any atom is 0.410 e. The van der Waals surface area contributed by atoms with E-state index in [9.17, 15) is 17.6 Å². The smallest absolute Gasteiger partial charge is 0.410 e. The van der Waals surface area contributed by atoms with Crippen LogP contribution in [0.3, 0.4) is 0 Å². The average Bonchev–Trinajstić information content (AvgIpc) is 2.74. The molecule has 0 unspecified atom stereocenters. The van der Waals surface area contributed by atoms with Crippen molar-refractivity contribution in [3.05, 3.63) is 58.6 Å². The molecule has 2 heterocycles. The fraction of sp³-hybridized carbons (Fsp3) is 0.435. The third kappa shape index (κ3) is 3.95. The summed E-state index contributed by atoms with van der Waals surface area (Å²) < 4.78 is 67.1. The fourth-order valence-electron chi connectivity index (χ4n) is 4.58. The van der Waals surface area contributed by atoms with Crippen molar-refractivity contribution < 1.29 is 31.5 Å². The Morgan fingerprint density at radius 3 is 2.42 bits per heavy atom. The van der Waals surface area contributed by atoms with Crippen molar-refractivity contribution >= 4 is 27.5 Å². The van der Waals surface area contributed by atoms with Gasteiger partial charge in [-0.1, -0.05) is 11.6 Å². The van der Waals surface area contributed by atoms with Crippen LogP contribution >= 0.6 is 11.6 Å². The van der Waals surface area contributed by atoms with Crippen molar-refractivity contribution in [2.45, 2.75) is 42.4 Å². The number of benzene rings is 2. The van der Waals surface area contributed by atoms with Gasteiger partial charge in [-0.05, 0) is 63.6 Å².